The number of amides is 1. The van der Waals surface area contributed by atoms with Gasteiger partial charge in [-0.3, -0.25) is 14.4 Å². The van der Waals surface area contributed by atoms with E-state index < -0.39 is 0 Å². The molecule has 0 unspecified atom stereocenters. The highest BCUT2D eigenvalue weighted by Crippen LogP contribution is 2.31. The zero-order chi connectivity index (χ0) is 22.4. The minimum atomic E-state index is -0.220. The second-order valence-electron chi connectivity index (χ2n) is 9.07. The molecule has 0 aromatic heterocycles. The summed E-state index contributed by atoms with van der Waals surface area (Å²) in [6, 6.07) is 11.9. The second-order valence-corrected chi connectivity index (χ2v) is 9.07. The van der Waals surface area contributed by atoms with Gasteiger partial charge in [0.05, 0.1) is 31.9 Å². The quantitative estimate of drug-likeness (QED) is 0.376. The number of likely N-dealkylation sites (N-methyl/N-ethyl adjacent to an activating group) is 1. The highest BCUT2D eigenvalue weighted by atomic mass is 16.2. The van der Waals surface area contributed by atoms with Crippen LogP contribution in [-0.4, -0.2) is 49.1 Å². The van der Waals surface area contributed by atoms with Gasteiger partial charge >= 0.3 is 0 Å². The van der Waals surface area contributed by atoms with Gasteiger partial charge in [0.15, 0.2) is 18.1 Å². The van der Waals surface area contributed by atoms with Crippen molar-refractivity contribution in [2.45, 2.75) is 45.4 Å². The van der Waals surface area contributed by atoms with Gasteiger partial charge in [-0.15, -0.1) is 0 Å². The number of rotatable bonds is 10. The molecule has 31 heavy (non-hydrogen) atoms. The summed E-state index contributed by atoms with van der Waals surface area (Å²) in [7, 11) is 4.11. The molecule has 0 radical (unpaired) electrons. The SMILES string of the molecule is CCCCCCCC[N+](C)(C)CC(=O)Nc1cccc2c1C(=O)c1ccccc1C2=O. The van der Waals surface area contributed by atoms with Gasteiger partial charge in [-0.05, 0) is 18.9 Å². The summed E-state index contributed by atoms with van der Waals surface area (Å²) in [4.78, 5) is 38.7. The smallest absolute Gasteiger partial charge is 0.279 e. The van der Waals surface area contributed by atoms with Crippen LogP contribution in [0.4, 0.5) is 5.69 Å². The van der Waals surface area contributed by atoms with E-state index in [9.17, 15) is 14.4 Å². The van der Waals surface area contributed by atoms with E-state index in [4.69, 9.17) is 0 Å². The standard InChI is InChI=1S/C26H32N2O3/c1-4-5-6-7-8-11-17-28(2,3)18-23(29)27-22-16-12-15-21-24(22)26(31)20-14-10-9-13-19(20)25(21)30/h9-10,12-16H,4-8,11,17-18H2,1-3H3/p+1. The number of carbonyl (C=O) groups excluding carboxylic acids is 3. The molecule has 1 aliphatic carbocycles. The monoisotopic (exact) mass is 421 g/mol. The Kier molecular flexibility index (Phi) is 7.39. The van der Waals surface area contributed by atoms with Crippen LogP contribution >= 0.6 is 0 Å². The van der Waals surface area contributed by atoms with Crippen molar-refractivity contribution in [1.29, 1.82) is 0 Å². The first-order valence-corrected chi connectivity index (χ1v) is 11.3. The summed E-state index contributed by atoms with van der Waals surface area (Å²) in [6.07, 6.45) is 7.32. The lowest BCUT2D eigenvalue weighted by Gasteiger charge is -2.29. The van der Waals surface area contributed by atoms with Crippen LogP contribution in [0.2, 0.25) is 0 Å². The predicted octanol–water partition coefficient (Wildman–Crippen LogP) is 4.84. The second kappa shape index (κ2) is 10.0. The number of ketones is 2. The maximum absolute atomic E-state index is 13.1. The van der Waals surface area contributed by atoms with Crippen molar-refractivity contribution in [2.24, 2.45) is 0 Å². The number of unbranched alkanes of at least 4 members (excludes halogenated alkanes) is 5. The molecular weight excluding hydrogens is 388 g/mol. The molecule has 1 aliphatic rings. The van der Waals surface area contributed by atoms with Crippen LogP contribution in [0.3, 0.4) is 0 Å². The van der Waals surface area contributed by atoms with Gasteiger partial charge < -0.3 is 9.80 Å². The van der Waals surface area contributed by atoms with Gasteiger partial charge in [0.1, 0.15) is 0 Å². The maximum atomic E-state index is 13.1. The Morgan fingerprint density at radius 1 is 0.806 bits per heavy atom. The lowest BCUT2D eigenvalue weighted by Crippen LogP contribution is -2.46. The van der Waals surface area contributed by atoms with Crippen molar-refractivity contribution in [3.8, 4) is 0 Å². The Morgan fingerprint density at radius 2 is 1.42 bits per heavy atom. The molecular formula is C26H33N2O3+. The van der Waals surface area contributed by atoms with Crippen LogP contribution in [0.15, 0.2) is 42.5 Å². The first kappa shape index (κ1) is 22.9. The number of nitrogens with one attached hydrogen (secondary N) is 1. The third-order valence-electron chi connectivity index (χ3n) is 5.92. The van der Waals surface area contributed by atoms with Crippen LogP contribution in [0.25, 0.3) is 0 Å². The van der Waals surface area contributed by atoms with Crippen LogP contribution in [0, 0.1) is 0 Å². The molecule has 0 fully saturated rings. The minimum absolute atomic E-state index is 0.150. The molecule has 0 saturated carbocycles. The molecule has 0 heterocycles. The van der Waals surface area contributed by atoms with Gasteiger partial charge in [-0.2, -0.15) is 0 Å². The largest absolute Gasteiger partial charge is 0.321 e. The number of carbonyl (C=O) groups is 3. The molecule has 0 spiro atoms. The number of hydrogen-bond acceptors (Lipinski definition) is 3. The van der Waals surface area contributed by atoms with Gasteiger partial charge in [0.25, 0.3) is 5.91 Å². The van der Waals surface area contributed by atoms with Crippen molar-refractivity contribution in [3.63, 3.8) is 0 Å². The van der Waals surface area contributed by atoms with Crippen molar-refractivity contribution in [2.75, 3.05) is 32.5 Å². The lowest BCUT2D eigenvalue weighted by atomic mass is 9.83. The molecule has 3 rings (SSSR count). The van der Waals surface area contributed by atoms with E-state index in [0.29, 0.717) is 39.0 Å². The summed E-state index contributed by atoms with van der Waals surface area (Å²) >= 11 is 0. The molecule has 1 amide bonds. The van der Waals surface area contributed by atoms with Crippen LogP contribution in [0.1, 0.15) is 77.3 Å². The van der Waals surface area contributed by atoms with Crippen molar-refractivity contribution in [1.82, 2.24) is 0 Å². The van der Waals surface area contributed by atoms with Gasteiger partial charge in [0, 0.05) is 16.7 Å². The first-order valence-electron chi connectivity index (χ1n) is 11.3. The summed E-state index contributed by atoms with van der Waals surface area (Å²) in [5.41, 5.74) is 1.86. The first-order chi connectivity index (χ1) is 14.8. The average molecular weight is 422 g/mol. The number of quaternary nitrogens is 1. The van der Waals surface area contributed by atoms with Crippen molar-refractivity contribution in [3.05, 3.63) is 64.7 Å². The number of fused-ring (bicyclic) bond motifs is 2. The van der Waals surface area contributed by atoms with Crippen LogP contribution < -0.4 is 5.32 Å². The Labute approximate surface area is 185 Å². The zero-order valence-electron chi connectivity index (χ0n) is 18.9. The van der Waals surface area contributed by atoms with E-state index in [1.54, 1.807) is 42.5 Å². The molecule has 164 valence electrons. The minimum Gasteiger partial charge on any atom is -0.321 e. The number of nitrogens with zero attached hydrogens (tertiary/aromatic N) is 1. The summed E-state index contributed by atoms with van der Waals surface area (Å²) < 4.78 is 0.588. The summed E-state index contributed by atoms with van der Waals surface area (Å²) in [5, 5.41) is 2.90. The fourth-order valence-corrected chi connectivity index (χ4v) is 4.23. The normalized spacial score (nSPS) is 13.0. The molecule has 5 nitrogen and oxygen atoms in total. The Hall–Kier alpha value is -2.79. The molecule has 2 aromatic rings. The van der Waals surface area contributed by atoms with E-state index in [-0.39, 0.29) is 17.5 Å². The fraction of sp³-hybridized carbons (Fsp3) is 0.423. The molecule has 0 bridgehead atoms. The molecule has 0 atom stereocenters. The van der Waals surface area contributed by atoms with E-state index in [0.717, 1.165) is 13.0 Å². The predicted molar refractivity (Wildman–Crippen MR) is 124 cm³/mol. The third-order valence-corrected chi connectivity index (χ3v) is 5.92. The average Bonchev–Trinajstić information content (AvgIpc) is 2.74. The van der Waals surface area contributed by atoms with Crippen LogP contribution in [0.5, 0.6) is 0 Å². The van der Waals surface area contributed by atoms with E-state index >= 15 is 0 Å². The molecule has 0 saturated heterocycles. The van der Waals surface area contributed by atoms with Crippen molar-refractivity contribution < 1.29 is 18.9 Å². The lowest BCUT2D eigenvalue weighted by molar-refractivity contribution is -0.882. The van der Waals surface area contributed by atoms with Crippen LogP contribution in [-0.2, 0) is 4.79 Å². The molecule has 0 aliphatic heterocycles. The summed E-state index contributed by atoms with van der Waals surface area (Å²) in [5.74, 6) is -0.550. The summed E-state index contributed by atoms with van der Waals surface area (Å²) in [6.45, 7) is 3.46. The van der Waals surface area contributed by atoms with Gasteiger partial charge in [-0.25, -0.2) is 0 Å². The van der Waals surface area contributed by atoms with Crippen molar-refractivity contribution >= 4 is 23.2 Å². The maximum Gasteiger partial charge on any atom is 0.279 e. The van der Waals surface area contributed by atoms with Gasteiger partial charge in [0.2, 0.25) is 0 Å². The fourth-order valence-electron chi connectivity index (χ4n) is 4.23. The zero-order valence-corrected chi connectivity index (χ0v) is 18.9. The Balaban J connectivity index is 1.66. The Morgan fingerprint density at radius 3 is 2.13 bits per heavy atom. The van der Waals surface area contributed by atoms with E-state index in [1.807, 2.05) is 0 Å². The number of hydrogen-bond donors (Lipinski definition) is 1. The number of benzene rings is 2. The number of anilines is 1. The molecule has 1 N–H and O–H groups in total. The molecule has 5 heteroatoms. The highest BCUT2D eigenvalue weighted by molar-refractivity contribution is 6.30. The van der Waals surface area contributed by atoms with Gasteiger partial charge in [-0.1, -0.05) is 69.0 Å². The van der Waals surface area contributed by atoms with E-state index in [2.05, 4.69) is 26.3 Å². The third kappa shape index (κ3) is 5.47. The highest BCUT2D eigenvalue weighted by Gasteiger charge is 2.32. The Bertz CT molecular complexity index is 978. The molecule has 2 aromatic carbocycles. The topological polar surface area (TPSA) is 63.2 Å². The van der Waals surface area contributed by atoms with E-state index in [1.165, 1.54) is 32.1 Å².